The largest absolute Gasteiger partial charge is 0.330 e. The van der Waals surface area contributed by atoms with Gasteiger partial charge in [0.1, 0.15) is 0 Å². The molecule has 0 radical (unpaired) electrons. The lowest BCUT2D eigenvalue weighted by atomic mass is 10.2. The molecule has 3 aromatic rings. The van der Waals surface area contributed by atoms with Crippen LogP contribution >= 0.6 is 54.5 Å². The molecule has 0 aliphatic carbocycles. The van der Waals surface area contributed by atoms with Crippen LogP contribution in [0.2, 0.25) is 0 Å². The predicted octanol–water partition coefficient (Wildman–Crippen LogP) is 6.16. The first-order chi connectivity index (χ1) is 11.1. The van der Waals surface area contributed by atoms with Crippen molar-refractivity contribution < 1.29 is 4.79 Å². The van der Waals surface area contributed by atoms with E-state index in [9.17, 15) is 4.79 Å². The van der Waals surface area contributed by atoms with E-state index in [1.807, 2.05) is 35.2 Å². The van der Waals surface area contributed by atoms with Crippen LogP contribution in [0.25, 0.3) is 9.75 Å². The average molecular weight is 469 g/mol. The van der Waals surface area contributed by atoms with Crippen molar-refractivity contribution in [2.24, 2.45) is 0 Å². The summed E-state index contributed by atoms with van der Waals surface area (Å²) in [5.74, 6) is 0.0778. The highest BCUT2D eigenvalue weighted by Crippen LogP contribution is 2.45. The number of amides is 1. The summed E-state index contributed by atoms with van der Waals surface area (Å²) in [6.45, 7) is 1.29. The van der Waals surface area contributed by atoms with Gasteiger partial charge in [-0.2, -0.15) is 0 Å². The van der Waals surface area contributed by atoms with Crippen molar-refractivity contribution in [3.05, 3.63) is 66.7 Å². The van der Waals surface area contributed by atoms with E-state index in [-0.39, 0.29) is 5.91 Å². The fourth-order valence-electron chi connectivity index (χ4n) is 2.78. The third kappa shape index (κ3) is 2.93. The number of nitrogens with zero attached hydrogens (tertiary/aromatic N) is 1. The van der Waals surface area contributed by atoms with Crippen LogP contribution in [0.1, 0.15) is 21.5 Å². The lowest BCUT2D eigenvalue weighted by molar-refractivity contribution is 0.0732. The second-order valence-electron chi connectivity index (χ2n) is 5.34. The van der Waals surface area contributed by atoms with Gasteiger partial charge in [-0.1, -0.05) is 18.2 Å². The number of carbonyl (C=O) groups excluding carboxylic acids is 1. The second kappa shape index (κ2) is 6.16. The van der Waals surface area contributed by atoms with E-state index in [0.29, 0.717) is 13.1 Å². The van der Waals surface area contributed by atoms with Crippen molar-refractivity contribution in [2.45, 2.75) is 13.1 Å². The lowest BCUT2D eigenvalue weighted by Gasteiger charge is -2.21. The summed E-state index contributed by atoms with van der Waals surface area (Å²) in [6, 6.07) is 13.8. The minimum Gasteiger partial charge on any atom is -0.330 e. The van der Waals surface area contributed by atoms with E-state index in [1.54, 1.807) is 22.7 Å². The molecular weight excluding hydrogens is 458 g/mol. The van der Waals surface area contributed by atoms with Gasteiger partial charge in [-0.3, -0.25) is 4.79 Å². The van der Waals surface area contributed by atoms with Gasteiger partial charge in [0.15, 0.2) is 0 Å². The molecule has 0 spiro atoms. The van der Waals surface area contributed by atoms with Crippen LogP contribution in [-0.4, -0.2) is 10.8 Å². The van der Waals surface area contributed by atoms with Crippen molar-refractivity contribution >= 4 is 60.4 Å². The Bertz CT molecular complexity index is 837. The zero-order valence-corrected chi connectivity index (χ0v) is 16.7. The molecule has 2 nitrogen and oxygen atoms in total. The Balaban J connectivity index is 1.79. The molecule has 0 N–H and O–H groups in total. The maximum absolute atomic E-state index is 12.9. The lowest BCUT2D eigenvalue weighted by Crippen LogP contribution is -2.29. The minimum absolute atomic E-state index is 0.0778. The predicted molar refractivity (Wildman–Crippen MR) is 103 cm³/mol. The Labute approximate surface area is 159 Å². The Hall–Kier alpha value is -0.950. The molecule has 23 heavy (non-hydrogen) atoms. The summed E-state index contributed by atoms with van der Waals surface area (Å²) >= 11 is 10.6. The topological polar surface area (TPSA) is 20.3 Å². The van der Waals surface area contributed by atoms with Crippen molar-refractivity contribution in [1.82, 2.24) is 4.90 Å². The molecule has 1 aliphatic rings. The second-order valence-corrected chi connectivity index (χ2v) is 10.2. The SMILES string of the molecule is O=C(c1ccccc1)N1Cc2cc(Br)sc2-c2sc(Br)cc2C1. The quantitative estimate of drug-likeness (QED) is 0.418. The molecule has 1 amide bonds. The standard InChI is InChI=1S/C17H11Br2NOS2/c18-13-6-11-8-20(17(21)10-4-2-1-3-5-10)9-12-7-14(19)23-16(12)15(11)22-13/h1-7H,8-9H2. The van der Waals surface area contributed by atoms with Gasteiger partial charge >= 0.3 is 0 Å². The van der Waals surface area contributed by atoms with Gasteiger partial charge in [0.25, 0.3) is 5.91 Å². The molecule has 3 heterocycles. The summed E-state index contributed by atoms with van der Waals surface area (Å²) in [5, 5.41) is 0. The van der Waals surface area contributed by atoms with E-state index in [0.717, 1.165) is 13.1 Å². The van der Waals surface area contributed by atoms with Gasteiger partial charge in [-0.15, -0.1) is 22.7 Å². The maximum Gasteiger partial charge on any atom is 0.254 e. The highest BCUT2D eigenvalue weighted by atomic mass is 79.9. The Morgan fingerprint density at radius 2 is 1.43 bits per heavy atom. The number of halogens is 2. The number of thiophene rings is 2. The van der Waals surface area contributed by atoms with Gasteiger partial charge in [-0.25, -0.2) is 0 Å². The first-order valence-electron chi connectivity index (χ1n) is 7.03. The summed E-state index contributed by atoms with van der Waals surface area (Å²) < 4.78 is 2.21. The molecule has 0 saturated heterocycles. The van der Waals surface area contributed by atoms with E-state index in [2.05, 4.69) is 44.0 Å². The number of benzene rings is 1. The van der Waals surface area contributed by atoms with E-state index in [4.69, 9.17) is 0 Å². The minimum atomic E-state index is 0.0778. The molecular formula is C17H11Br2NOS2. The average Bonchev–Trinajstić information content (AvgIpc) is 3.06. The summed E-state index contributed by atoms with van der Waals surface area (Å²) in [6.07, 6.45) is 0. The van der Waals surface area contributed by atoms with Crippen LogP contribution in [0.4, 0.5) is 0 Å². The van der Waals surface area contributed by atoms with Gasteiger partial charge in [-0.05, 0) is 67.3 Å². The van der Waals surface area contributed by atoms with Gasteiger partial charge in [0, 0.05) is 18.7 Å². The van der Waals surface area contributed by atoms with E-state index in [1.165, 1.54) is 20.9 Å². The summed E-state index contributed by atoms with van der Waals surface area (Å²) in [4.78, 5) is 17.4. The monoisotopic (exact) mass is 467 g/mol. The normalized spacial score (nSPS) is 13.4. The Kier molecular flexibility index (Phi) is 4.17. The van der Waals surface area contributed by atoms with Crippen molar-refractivity contribution in [3.63, 3.8) is 0 Å². The molecule has 6 heteroatoms. The molecule has 2 aromatic heterocycles. The van der Waals surface area contributed by atoms with E-state index >= 15 is 0 Å². The van der Waals surface area contributed by atoms with Crippen LogP contribution in [0.15, 0.2) is 50.0 Å². The summed E-state index contributed by atoms with van der Waals surface area (Å²) in [5.41, 5.74) is 3.15. The van der Waals surface area contributed by atoms with Crippen molar-refractivity contribution in [1.29, 1.82) is 0 Å². The number of fused-ring (bicyclic) bond motifs is 3. The Morgan fingerprint density at radius 1 is 0.913 bits per heavy atom. The fourth-order valence-corrected chi connectivity index (χ4v) is 6.31. The fraction of sp³-hybridized carbons (Fsp3) is 0.118. The molecule has 0 fully saturated rings. The molecule has 0 saturated carbocycles. The van der Waals surface area contributed by atoms with Gasteiger partial charge in [0.2, 0.25) is 0 Å². The number of hydrogen-bond acceptors (Lipinski definition) is 3. The zero-order valence-electron chi connectivity index (χ0n) is 11.9. The first-order valence-corrected chi connectivity index (χ1v) is 10.2. The summed E-state index contributed by atoms with van der Waals surface area (Å²) in [7, 11) is 0. The van der Waals surface area contributed by atoms with Crippen LogP contribution in [0, 0.1) is 0 Å². The van der Waals surface area contributed by atoms with Crippen molar-refractivity contribution in [3.8, 4) is 9.75 Å². The molecule has 1 aliphatic heterocycles. The van der Waals surface area contributed by atoms with Crippen LogP contribution in [0.5, 0.6) is 0 Å². The molecule has 0 bridgehead atoms. The van der Waals surface area contributed by atoms with Crippen LogP contribution < -0.4 is 0 Å². The van der Waals surface area contributed by atoms with Gasteiger partial charge in [0.05, 0.1) is 17.3 Å². The number of rotatable bonds is 1. The molecule has 1 aromatic carbocycles. The molecule has 0 unspecified atom stereocenters. The van der Waals surface area contributed by atoms with Crippen molar-refractivity contribution in [2.75, 3.05) is 0 Å². The zero-order chi connectivity index (χ0) is 16.0. The number of hydrogen-bond donors (Lipinski definition) is 0. The molecule has 116 valence electrons. The molecule has 0 atom stereocenters. The van der Waals surface area contributed by atoms with Crippen LogP contribution in [-0.2, 0) is 13.1 Å². The number of carbonyl (C=O) groups is 1. The van der Waals surface area contributed by atoms with Gasteiger partial charge < -0.3 is 4.90 Å². The smallest absolute Gasteiger partial charge is 0.254 e. The van der Waals surface area contributed by atoms with Crippen LogP contribution in [0.3, 0.4) is 0 Å². The van der Waals surface area contributed by atoms with E-state index < -0.39 is 0 Å². The highest BCUT2D eigenvalue weighted by Gasteiger charge is 2.26. The molecule has 4 rings (SSSR count). The third-order valence-corrected chi connectivity index (χ3v) is 7.32. The first kappa shape index (κ1) is 15.6. The Morgan fingerprint density at radius 3 is 1.96 bits per heavy atom. The highest BCUT2D eigenvalue weighted by molar-refractivity contribution is 9.11. The third-order valence-electron chi connectivity index (χ3n) is 3.79. The maximum atomic E-state index is 12.9.